The summed E-state index contributed by atoms with van der Waals surface area (Å²) >= 11 is 0. The van der Waals surface area contributed by atoms with Crippen molar-refractivity contribution in [1.82, 2.24) is 10.2 Å². The highest BCUT2D eigenvalue weighted by Crippen LogP contribution is 2.19. The van der Waals surface area contributed by atoms with Gasteiger partial charge in [-0.3, -0.25) is 9.59 Å². The number of hydrogen-bond donors (Lipinski definition) is 1. The molecule has 2 heterocycles. The van der Waals surface area contributed by atoms with E-state index in [-0.39, 0.29) is 30.0 Å². The minimum Gasteiger partial charge on any atom is -0.378 e. The molecule has 0 bridgehead atoms. The Bertz CT molecular complexity index is 353. The molecule has 0 aromatic carbocycles. The molecular formula is C15H26N2O3. The molecule has 5 heteroatoms. The lowest BCUT2D eigenvalue weighted by Gasteiger charge is -2.38. The number of nitrogens with zero attached hydrogens (tertiary/aromatic N) is 1. The zero-order chi connectivity index (χ0) is 14.5. The predicted octanol–water partition coefficient (Wildman–Crippen LogP) is 1.46. The molecule has 3 unspecified atom stereocenters. The number of ether oxygens (including phenoxy) is 1. The first-order chi connectivity index (χ1) is 9.63. The number of carbonyl (C=O) groups is 2. The highest BCUT2D eigenvalue weighted by Gasteiger charge is 2.37. The van der Waals surface area contributed by atoms with E-state index in [1.807, 2.05) is 6.92 Å². The fourth-order valence-electron chi connectivity index (χ4n) is 2.99. The Morgan fingerprint density at radius 2 is 2.10 bits per heavy atom. The SMILES string of the molecule is CCCC1NC(=O)C(C)N(CCC2CCCCO2)C1=O. The summed E-state index contributed by atoms with van der Waals surface area (Å²) in [4.78, 5) is 26.1. The largest absolute Gasteiger partial charge is 0.378 e. The van der Waals surface area contributed by atoms with Crippen molar-refractivity contribution in [2.45, 2.75) is 70.6 Å². The number of piperazine rings is 1. The van der Waals surface area contributed by atoms with Crippen LogP contribution in [0, 0.1) is 0 Å². The molecule has 0 aromatic rings. The van der Waals surface area contributed by atoms with Crippen LogP contribution in [0.5, 0.6) is 0 Å². The van der Waals surface area contributed by atoms with Gasteiger partial charge in [-0.1, -0.05) is 13.3 Å². The van der Waals surface area contributed by atoms with Gasteiger partial charge in [-0.15, -0.1) is 0 Å². The van der Waals surface area contributed by atoms with E-state index in [2.05, 4.69) is 5.32 Å². The van der Waals surface area contributed by atoms with E-state index in [9.17, 15) is 9.59 Å². The van der Waals surface area contributed by atoms with E-state index in [0.29, 0.717) is 13.0 Å². The number of amides is 2. The maximum atomic E-state index is 12.4. The lowest BCUT2D eigenvalue weighted by Crippen LogP contribution is -2.62. The second-order valence-electron chi connectivity index (χ2n) is 5.83. The molecule has 20 heavy (non-hydrogen) atoms. The normalized spacial score (nSPS) is 31.3. The molecule has 2 saturated heterocycles. The van der Waals surface area contributed by atoms with Crippen molar-refractivity contribution in [1.29, 1.82) is 0 Å². The number of nitrogens with one attached hydrogen (secondary N) is 1. The van der Waals surface area contributed by atoms with Crippen molar-refractivity contribution in [3.8, 4) is 0 Å². The highest BCUT2D eigenvalue weighted by atomic mass is 16.5. The summed E-state index contributed by atoms with van der Waals surface area (Å²) in [6.07, 6.45) is 6.10. The van der Waals surface area contributed by atoms with Gasteiger partial charge in [0.05, 0.1) is 6.10 Å². The van der Waals surface area contributed by atoms with Crippen molar-refractivity contribution < 1.29 is 14.3 Å². The zero-order valence-electron chi connectivity index (χ0n) is 12.6. The molecule has 2 amide bonds. The van der Waals surface area contributed by atoms with E-state index in [1.54, 1.807) is 11.8 Å². The Morgan fingerprint density at radius 1 is 1.30 bits per heavy atom. The quantitative estimate of drug-likeness (QED) is 0.830. The minimum absolute atomic E-state index is 0.0346. The number of carbonyl (C=O) groups excluding carboxylic acids is 2. The van der Waals surface area contributed by atoms with Crippen LogP contribution >= 0.6 is 0 Å². The van der Waals surface area contributed by atoms with Crippen LogP contribution in [0.2, 0.25) is 0 Å². The predicted molar refractivity (Wildman–Crippen MR) is 76.2 cm³/mol. The van der Waals surface area contributed by atoms with Crippen LogP contribution in [0.3, 0.4) is 0 Å². The maximum Gasteiger partial charge on any atom is 0.245 e. The van der Waals surface area contributed by atoms with E-state index in [0.717, 1.165) is 32.3 Å². The summed E-state index contributed by atoms with van der Waals surface area (Å²) in [5.41, 5.74) is 0. The third kappa shape index (κ3) is 3.51. The monoisotopic (exact) mass is 282 g/mol. The van der Waals surface area contributed by atoms with E-state index >= 15 is 0 Å². The standard InChI is InChI=1S/C15H26N2O3/c1-3-6-13-15(19)17(11(2)14(18)16-13)9-8-12-7-4-5-10-20-12/h11-13H,3-10H2,1-2H3,(H,16,18). The minimum atomic E-state index is -0.362. The molecule has 114 valence electrons. The Labute approximate surface area is 121 Å². The second kappa shape index (κ2) is 7.07. The molecule has 2 rings (SSSR count). The first kappa shape index (κ1) is 15.3. The Balaban J connectivity index is 1.92. The topological polar surface area (TPSA) is 58.6 Å². The fraction of sp³-hybridized carbons (Fsp3) is 0.867. The zero-order valence-corrected chi connectivity index (χ0v) is 12.6. The molecule has 2 aliphatic rings. The van der Waals surface area contributed by atoms with E-state index < -0.39 is 0 Å². The summed E-state index contributed by atoms with van der Waals surface area (Å²) in [6.45, 7) is 5.28. The summed E-state index contributed by atoms with van der Waals surface area (Å²) in [5.74, 6) is 0.0300. The van der Waals surface area contributed by atoms with Crippen LogP contribution in [0.4, 0.5) is 0 Å². The van der Waals surface area contributed by atoms with E-state index in [4.69, 9.17) is 4.74 Å². The van der Waals surface area contributed by atoms with Gasteiger partial charge in [0.1, 0.15) is 12.1 Å². The third-order valence-electron chi connectivity index (χ3n) is 4.29. The number of hydrogen-bond acceptors (Lipinski definition) is 3. The smallest absolute Gasteiger partial charge is 0.245 e. The first-order valence-corrected chi connectivity index (χ1v) is 7.86. The molecule has 5 nitrogen and oxygen atoms in total. The number of rotatable bonds is 5. The van der Waals surface area contributed by atoms with Crippen molar-refractivity contribution in [2.24, 2.45) is 0 Å². The first-order valence-electron chi connectivity index (χ1n) is 7.86. The molecule has 0 spiro atoms. The molecular weight excluding hydrogens is 256 g/mol. The Kier molecular flexibility index (Phi) is 5.40. The average molecular weight is 282 g/mol. The maximum absolute atomic E-state index is 12.4. The van der Waals surface area contributed by atoms with Crippen LogP contribution < -0.4 is 5.32 Å². The van der Waals surface area contributed by atoms with Gasteiger partial charge in [0.15, 0.2) is 0 Å². The van der Waals surface area contributed by atoms with Gasteiger partial charge in [0.25, 0.3) is 0 Å². The average Bonchev–Trinajstić information content (AvgIpc) is 2.46. The van der Waals surface area contributed by atoms with Crippen LogP contribution in [0.25, 0.3) is 0 Å². The lowest BCUT2D eigenvalue weighted by molar-refractivity contribution is -0.149. The third-order valence-corrected chi connectivity index (χ3v) is 4.29. The highest BCUT2D eigenvalue weighted by molar-refractivity contribution is 5.96. The molecule has 3 atom stereocenters. The van der Waals surface area contributed by atoms with Gasteiger partial charge in [-0.05, 0) is 39.0 Å². The molecule has 0 aliphatic carbocycles. The van der Waals surface area contributed by atoms with Crippen LogP contribution in [-0.2, 0) is 14.3 Å². The van der Waals surface area contributed by atoms with Gasteiger partial charge >= 0.3 is 0 Å². The molecule has 2 aliphatic heterocycles. The summed E-state index contributed by atoms with van der Waals surface area (Å²) in [7, 11) is 0. The summed E-state index contributed by atoms with van der Waals surface area (Å²) in [5, 5.41) is 2.82. The molecule has 0 radical (unpaired) electrons. The molecule has 2 fully saturated rings. The fourth-order valence-corrected chi connectivity index (χ4v) is 2.99. The van der Waals surface area contributed by atoms with Crippen molar-refractivity contribution in [2.75, 3.05) is 13.2 Å². The van der Waals surface area contributed by atoms with Gasteiger partial charge < -0.3 is 15.0 Å². The van der Waals surface area contributed by atoms with Gasteiger partial charge in [0, 0.05) is 13.2 Å². The Morgan fingerprint density at radius 3 is 2.75 bits per heavy atom. The van der Waals surface area contributed by atoms with Gasteiger partial charge in [-0.25, -0.2) is 0 Å². The van der Waals surface area contributed by atoms with Crippen LogP contribution in [0.15, 0.2) is 0 Å². The van der Waals surface area contributed by atoms with Crippen LogP contribution in [0.1, 0.15) is 52.4 Å². The van der Waals surface area contributed by atoms with Crippen LogP contribution in [-0.4, -0.2) is 48.1 Å². The lowest BCUT2D eigenvalue weighted by atomic mass is 10.0. The summed E-state index contributed by atoms with van der Waals surface area (Å²) in [6, 6.07) is -0.699. The molecule has 0 saturated carbocycles. The van der Waals surface area contributed by atoms with Crippen molar-refractivity contribution in [3.63, 3.8) is 0 Å². The molecule has 0 aromatic heterocycles. The molecule has 1 N–H and O–H groups in total. The van der Waals surface area contributed by atoms with Gasteiger partial charge in [-0.2, -0.15) is 0 Å². The second-order valence-corrected chi connectivity index (χ2v) is 5.83. The van der Waals surface area contributed by atoms with Crippen molar-refractivity contribution in [3.05, 3.63) is 0 Å². The Hall–Kier alpha value is -1.10. The summed E-state index contributed by atoms with van der Waals surface area (Å²) < 4.78 is 5.70. The van der Waals surface area contributed by atoms with E-state index in [1.165, 1.54) is 6.42 Å². The van der Waals surface area contributed by atoms with Crippen molar-refractivity contribution >= 4 is 11.8 Å². The van der Waals surface area contributed by atoms with Gasteiger partial charge in [0.2, 0.25) is 11.8 Å².